The van der Waals surface area contributed by atoms with Crippen LogP contribution in [0.1, 0.15) is 59.8 Å². The highest BCUT2D eigenvalue weighted by molar-refractivity contribution is 5.77. The van der Waals surface area contributed by atoms with Crippen LogP contribution in [0.2, 0.25) is 0 Å². The third-order valence-corrected chi connectivity index (χ3v) is 6.35. The molecule has 2 heterocycles. The van der Waals surface area contributed by atoms with Crippen LogP contribution in [0.25, 0.3) is 0 Å². The van der Waals surface area contributed by atoms with E-state index in [1.165, 1.54) is 84.5 Å². The van der Waals surface area contributed by atoms with Gasteiger partial charge in [0.05, 0.1) is 0 Å². The van der Waals surface area contributed by atoms with Crippen LogP contribution in [0, 0.1) is 11.8 Å². The van der Waals surface area contributed by atoms with Gasteiger partial charge in [0, 0.05) is 44.7 Å². The van der Waals surface area contributed by atoms with Crippen molar-refractivity contribution >= 4 is 5.91 Å². The number of carbonyl (C=O) groups excluding carboxylic acids is 1. The summed E-state index contributed by atoms with van der Waals surface area (Å²) in [5.74, 6) is 0.974. The average Bonchev–Trinajstić information content (AvgIpc) is 2.62. The van der Waals surface area contributed by atoms with E-state index in [-0.39, 0.29) is 11.8 Å². The molecular weight excluding hydrogens is 336 g/mol. The number of rotatable bonds is 8. The molecular formula is C22H44N4O. The first kappa shape index (κ1) is 22.6. The second-order valence-corrected chi connectivity index (χ2v) is 9.22. The van der Waals surface area contributed by atoms with Gasteiger partial charge in [0.2, 0.25) is 5.91 Å². The predicted octanol–water partition coefficient (Wildman–Crippen LogP) is 2.67. The zero-order valence-corrected chi connectivity index (χ0v) is 18.4. The van der Waals surface area contributed by atoms with Crippen molar-refractivity contribution in [2.24, 2.45) is 11.8 Å². The minimum atomic E-state index is 0.0994. The van der Waals surface area contributed by atoms with Crippen LogP contribution in [-0.2, 0) is 4.79 Å². The first-order valence-electron chi connectivity index (χ1n) is 11.4. The Hall–Kier alpha value is -0.650. The van der Waals surface area contributed by atoms with Crippen molar-refractivity contribution in [2.75, 3.05) is 58.9 Å². The van der Waals surface area contributed by atoms with E-state index >= 15 is 0 Å². The molecule has 5 nitrogen and oxygen atoms in total. The Bertz CT molecular complexity index is 409. The number of amides is 1. The van der Waals surface area contributed by atoms with Gasteiger partial charge in [0.1, 0.15) is 0 Å². The Morgan fingerprint density at radius 3 is 1.96 bits per heavy atom. The van der Waals surface area contributed by atoms with E-state index in [9.17, 15) is 4.79 Å². The standard InChI is InChI=1S/C22H44N4O/c1-19(2)22(27)23-18-21-8-5-10-24(11-6-9-21)12-7-13-25-14-16-26(17-15-25)20(3)4/h19-21H,5-18H2,1-4H3,(H,23,27). The maximum Gasteiger partial charge on any atom is 0.222 e. The van der Waals surface area contributed by atoms with E-state index < -0.39 is 0 Å². The van der Waals surface area contributed by atoms with Crippen LogP contribution in [0.3, 0.4) is 0 Å². The van der Waals surface area contributed by atoms with Crippen LogP contribution in [0.4, 0.5) is 0 Å². The van der Waals surface area contributed by atoms with Gasteiger partial charge >= 0.3 is 0 Å². The van der Waals surface area contributed by atoms with Crippen molar-refractivity contribution in [1.82, 2.24) is 20.0 Å². The van der Waals surface area contributed by atoms with Gasteiger partial charge in [-0.2, -0.15) is 0 Å². The van der Waals surface area contributed by atoms with Crippen LogP contribution < -0.4 is 5.32 Å². The number of carbonyl (C=O) groups is 1. The summed E-state index contributed by atoms with van der Waals surface area (Å²) < 4.78 is 0. The summed E-state index contributed by atoms with van der Waals surface area (Å²) in [6.45, 7) is 19.3. The molecule has 2 aliphatic heterocycles. The fraction of sp³-hybridized carbons (Fsp3) is 0.955. The fourth-order valence-electron chi connectivity index (χ4n) is 4.36. The lowest BCUT2D eigenvalue weighted by Gasteiger charge is -2.37. The number of hydrogen-bond acceptors (Lipinski definition) is 4. The minimum absolute atomic E-state index is 0.0994. The molecule has 2 saturated heterocycles. The molecule has 1 amide bonds. The molecule has 0 spiro atoms. The zero-order valence-electron chi connectivity index (χ0n) is 18.4. The molecule has 1 N–H and O–H groups in total. The highest BCUT2D eigenvalue weighted by atomic mass is 16.1. The van der Waals surface area contributed by atoms with Crippen LogP contribution in [0.5, 0.6) is 0 Å². The molecule has 27 heavy (non-hydrogen) atoms. The van der Waals surface area contributed by atoms with E-state index in [1.54, 1.807) is 0 Å². The number of nitrogens with zero attached hydrogens (tertiary/aromatic N) is 3. The van der Waals surface area contributed by atoms with Gasteiger partial charge in [-0.1, -0.05) is 13.8 Å². The smallest absolute Gasteiger partial charge is 0.222 e. The SMILES string of the molecule is CC(C)C(=O)NCC1CCCN(CCCN2CCN(C(C)C)CC2)CCC1. The zero-order chi connectivity index (χ0) is 19.6. The summed E-state index contributed by atoms with van der Waals surface area (Å²) in [7, 11) is 0. The quantitative estimate of drug-likeness (QED) is 0.703. The van der Waals surface area contributed by atoms with Crippen LogP contribution in [-0.4, -0.2) is 85.6 Å². The van der Waals surface area contributed by atoms with E-state index in [1.807, 2.05) is 13.8 Å². The first-order chi connectivity index (χ1) is 13.0. The molecule has 2 rings (SSSR count). The van der Waals surface area contributed by atoms with Crippen molar-refractivity contribution in [3.05, 3.63) is 0 Å². The van der Waals surface area contributed by atoms with Gasteiger partial charge in [-0.25, -0.2) is 0 Å². The Labute approximate surface area is 167 Å². The van der Waals surface area contributed by atoms with E-state index in [2.05, 4.69) is 33.9 Å². The second-order valence-electron chi connectivity index (χ2n) is 9.22. The Kier molecular flexibility index (Phi) is 10.1. The largest absolute Gasteiger partial charge is 0.356 e. The van der Waals surface area contributed by atoms with Crippen molar-refractivity contribution in [1.29, 1.82) is 0 Å². The molecule has 0 saturated carbocycles. The van der Waals surface area contributed by atoms with Gasteiger partial charge < -0.3 is 15.1 Å². The minimum Gasteiger partial charge on any atom is -0.356 e. The summed E-state index contributed by atoms with van der Waals surface area (Å²) in [6, 6.07) is 0.690. The van der Waals surface area contributed by atoms with Crippen molar-refractivity contribution in [3.8, 4) is 0 Å². The lowest BCUT2D eigenvalue weighted by Crippen LogP contribution is -2.49. The molecule has 0 aromatic heterocycles. The number of nitrogens with one attached hydrogen (secondary N) is 1. The number of hydrogen-bond donors (Lipinski definition) is 1. The highest BCUT2D eigenvalue weighted by Gasteiger charge is 2.19. The summed E-state index contributed by atoms with van der Waals surface area (Å²) in [4.78, 5) is 19.7. The molecule has 0 aromatic carbocycles. The third-order valence-electron chi connectivity index (χ3n) is 6.35. The van der Waals surface area contributed by atoms with Crippen molar-refractivity contribution in [3.63, 3.8) is 0 Å². The van der Waals surface area contributed by atoms with Crippen molar-refractivity contribution < 1.29 is 4.79 Å². The normalized spacial score (nSPS) is 22.1. The molecule has 0 aliphatic carbocycles. The molecule has 0 bridgehead atoms. The predicted molar refractivity (Wildman–Crippen MR) is 114 cm³/mol. The monoisotopic (exact) mass is 380 g/mol. The summed E-state index contributed by atoms with van der Waals surface area (Å²) in [5, 5.41) is 3.13. The van der Waals surface area contributed by atoms with Gasteiger partial charge in [-0.15, -0.1) is 0 Å². The number of piperazine rings is 1. The van der Waals surface area contributed by atoms with E-state index in [0.717, 1.165) is 6.54 Å². The summed E-state index contributed by atoms with van der Waals surface area (Å²) in [6.07, 6.45) is 6.36. The molecule has 0 aromatic rings. The Morgan fingerprint density at radius 2 is 1.44 bits per heavy atom. The Balaban J connectivity index is 1.56. The third kappa shape index (κ3) is 8.49. The summed E-state index contributed by atoms with van der Waals surface area (Å²) >= 11 is 0. The van der Waals surface area contributed by atoms with E-state index in [0.29, 0.717) is 12.0 Å². The summed E-state index contributed by atoms with van der Waals surface area (Å²) in [5.41, 5.74) is 0. The number of likely N-dealkylation sites (tertiary alicyclic amines) is 1. The molecule has 0 unspecified atom stereocenters. The molecule has 5 heteroatoms. The average molecular weight is 381 g/mol. The molecule has 2 aliphatic rings. The highest BCUT2D eigenvalue weighted by Crippen LogP contribution is 2.18. The van der Waals surface area contributed by atoms with Gasteiger partial charge in [0.25, 0.3) is 0 Å². The first-order valence-corrected chi connectivity index (χ1v) is 11.4. The Morgan fingerprint density at radius 1 is 0.889 bits per heavy atom. The topological polar surface area (TPSA) is 38.8 Å². The van der Waals surface area contributed by atoms with Gasteiger partial charge in [-0.05, 0) is 78.0 Å². The molecule has 2 fully saturated rings. The fourth-order valence-corrected chi connectivity index (χ4v) is 4.36. The lowest BCUT2D eigenvalue weighted by molar-refractivity contribution is -0.124. The molecule has 158 valence electrons. The van der Waals surface area contributed by atoms with Crippen LogP contribution in [0.15, 0.2) is 0 Å². The van der Waals surface area contributed by atoms with Crippen molar-refractivity contribution in [2.45, 2.75) is 65.8 Å². The van der Waals surface area contributed by atoms with Gasteiger partial charge in [0.15, 0.2) is 0 Å². The lowest BCUT2D eigenvalue weighted by atomic mass is 9.95. The van der Waals surface area contributed by atoms with E-state index in [4.69, 9.17) is 0 Å². The molecule has 0 atom stereocenters. The maximum atomic E-state index is 11.8. The maximum absolute atomic E-state index is 11.8. The van der Waals surface area contributed by atoms with Crippen LogP contribution >= 0.6 is 0 Å². The molecule has 0 radical (unpaired) electrons. The second kappa shape index (κ2) is 12.0. The van der Waals surface area contributed by atoms with Gasteiger partial charge in [-0.3, -0.25) is 9.69 Å².